The summed E-state index contributed by atoms with van der Waals surface area (Å²) in [7, 11) is 1.57. The van der Waals surface area contributed by atoms with Crippen LogP contribution in [0.4, 0.5) is 0 Å². The molecule has 0 spiro atoms. The van der Waals surface area contributed by atoms with Crippen LogP contribution in [0.2, 0.25) is 0 Å². The number of guanidine groups is 1. The second-order valence-corrected chi connectivity index (χ2v) is 4.64. The molecule has 0 bridgehead atoms. The standard InChI is InChI=1S/C12H23N5O3/c1-8(4-10(5-18)20-3)17-6-14-9(2)11(17)16-12(13)15-7-19/h7-8,10,14,18H,4-6H2,1-3H3,(H3,13,15,16,19). The molecule has 1 amide bonds. The number of aliphatic hydroxyl groups excluding tert-OH is 1. The van der Waals surface area contributed by atoms with Crippen LogP contribution in [0.15, 0.2) is 16.5 Å². The van der Waals surface area contributed by atoms with Crippen LogP contribution in [0.5, 0.6) is 0 Å². The van der Waals surface area contributed by atoms with Crippen molar-refractivity contribution in [1.82, 2.24) is 15.5 Å². The number of hydrogen-bond donors (Lipinski definition) is 4. The zero-order valence-corrected chi connectivity index (χ0v) is 12.1. The highest BCUT2D eigenvalue weighted by molar-refractivity contribution is 5.87. The third kappa shape index (κ3) is 4.10. The van der Waals surface area contributed by atoms with Gasteiger partial charge in [0.15, 0.2) is 5.82 Å². The predicted molar refractivity (Wildman–Crippen MR) is 75.3 cm³/mol. The summed E-state index contributed by atoms with van der Waals surface area (Å²) in [5.41, 5.74) is 6.48. The summed E-state index contributed by atoms with van der Waals surface area (Å²) in [5.74, 6) is 0.720. The summed E-state index contributed by atoms with van der Waals surface area (Å²) in [6, 6.07) is 0.0971. The van der Waals surface area contributed by atoms with Gasteiger partial charge in [-0.05, 0) is 20.3 Å². The summed E-state index contributed by atoms with van der Waals surface area (Å²) < 4.78 is 5.18. The van der Waals surface area contributed by atoms with Gasteiger partial charge in [0, 0.05) is 13.2 Å². The molecule has 8 nitrogen and oxygen atoms in total. The van der Waals surface area contributed by atoms with Crippen molar-refractivity contribution in [2.45, 2.75) is 32.4 Å². The molecule has 8 heteroatoms. The Morgan fingerprint density at radius 3 is 3.00 bits per heavy atom. The van der Waals surface area contributed by atoms with Crippen molar-refractivity contribution in [3.05, 3.63) is 11.5 Å². The van der Waals surface area contributed by atoms with Crippen molar-refractivity contribution in [3.8, 4) is 0 Å². The van der Waals surface area contributed by atoms with E-state index in [1.807, 2.05) is 18.7 Å². The molecule has 5 N–H and O–H groups in total. The van der Waals surface area contributed by atoms with Gasteiger partial charge in [0.2, 0.25) is 12.4 Å². The highest BCUT2D eigenvalue weighted by Gasteiger charge is 2.26. The lowest BCUT2D eigenvalue weighted by atomic mass is 10.1. The molecule has 0 aromatic rings. The number of rotatable bonds is 7. The Bertz CT molecular complexity index is 393. The van der Waals surface area contributed by atoms with E-state index in [1.54, 1.807) is 7.11 Å². The number of carbonyl (C=O) groups is 1. The van der Waals surface area contributed by atoms with Gasteiger partial charge in [0.25, 0.3) is 0 Å². The molecule has 0 fully saturated rings. The zero-order chi connectivity index (χ0) is 15.1. The van der Waals surface area contributed by atoms with E-state index in [2.05, 4.69) is 15.6 Å². The topological polar surface area (TPSA) is 112 Å². The molecule has 1 heterocycles. The van der Waals surface area contributed by atoms with Gasteiger partial charge in [-0.2, -0.15) is 4.99 Å². The van der Waals surface area contributed by atoms with Crippen molar-refractivity contribution >= 4 is 12.4 Å². The number of hydrogen-bond acceptors (Lipinski definition) is 6. The zero-order valence-electron chi connectivity index (χ0n) is 12.1. The molecule has 20 heavy (non-hydrogen) atoms. The van der Waals surface area contributed by atoms with Crippen LogP contribution in [0.1, 0.15) is 20.3 Å². The normalized spacial score (nSPS) is 18.8. The van der Waals surface area contributed by atoms with E-state index in [0.717, 1.165) is 5.70 Å². The number of amides is 1. The summed E-state index contributed by atoms with van der Waals surface area (Å²) in [4.78, 5) is 16.6. The van der Waals surface area contributed by atoms with Crippen LogP contribution in [-0.2, 0) is 9.53 Å². The Hall–Kier alpha value is -1.80. The van der Waals surface area contributed by atoms with E-state index in [4.69, 9.17) is 10.5 Å². The quantitative estimate of drug-likeness (QED) is 0.268. The van der Waals surface area contributed by atoms with Gasteiger partial charge in [-0.25, -0.2) is 0 Å². The van der Waals surface area contributed by atoms with E-state index in [1.165, 1.54) is 0 Å². The van der Waals surface area contributed by atoms with E-state index in [9.17, 15) is 9.90 Å². The predicted octanol–water partition coefficient (Wildman–Crippen LogP) is -1.12. The second kappa shape index (κ2) is 7.71. The lowest BCUT2D eigenvalue weighted by molar-refractivity contribution is -0.108. The van der Waals surface area contributed by atoms with E-state index >= 15 is 0 Å². The average molecular weight is 285 g/mol. The lowest BCUT2D eigenvalue weighted by Gasteiger charge is -2.28. The van der Waals surface area contributed by atoms with Gasteiger partial charge in [0.05, 0.1) is 25.1 Å². The summed E-state index contributed by atoms with van der Waals surface area (Å²) in [6.45, 7) is 4.47. The Morgan fingerprint density at radius 1 is 1.75 bits per heavy atom. The minimum Gasteiger partial charge on any atom is -0.394 e. The Labute approximate surface area is 118 Å². The summed E-state index contributed by atoms with van der Waals surface area (Å²) in [5, 5.41) is 14.7. The van der Waals surface area contributed by atoms with Crippen molar-refractivity contribution in [3.63, 3.8) is 0 Å². The van der Waals surface area contributed by atoms with Crippen LogP contribution >= 0.6 is 0 Å². The fourth-order valence-corrected chi connectivity index (χ4v) is 2.05. The number of carbonyl (C=O) groups excluding carboxylic acids is 1. The van der Waals surface area contributed by atoms with Crippen LogP contribution < -0.4 is 16.4 Å². The van der Waals surface area contributed by atoms with Crippen LogP contribution in [-0.4, -0.2) is 54.9 Å². The molecule has 0 radical (unpaired) electrons. The van der Waals surface area contributed by atoms with E-state index < -0.39 is 0 Å². The largest absolute Gasteiger partial charge is 0.394 e. The third-order valence-electron chi connectivity index (χ3n) is 3.23. The Kier molecular flexibility index (Phi) is 6.26. The molecule has 1 aliphatic heterocycles. The second-order valence-electron chi connectivity index (χ2n) is 4.64. The fourth-order valence-electron chi connectivity index (χ4n) is 2.05. The highest BCUT2D eigenvalue weighted by Crippen LogP contribution is 2.21. The summed E-state index contributed by atoms with van der Waals surface area (Å²) >= 11 is 0. The minimum atomic E-state index is -0.221. The van der Waals surface area contributed by atoms with Gasteiger partial charge < -0.3 is 25.8 Å². The molecule has 114 valence electrons. The summed E-state index contributed by atoms with van der Waals surface area (Å²) in [6.07, 6.45) is 0.918. The van der Waals surface area contributed by atoms with Gasteiger partial charge in [-0.3, -0.25) is 10.1 Å². The van der Waals surface area contributed by atoms with Gasteiger partial charge >= 0.3 is 0 Å². The minimum absolute atomic E-state index is 0.0295. The maximum absolute atomic E-state index is 10.3. The number of nitrogens with zero attached hydrogens (tertiary/aromatic N) is 2. The third-order valence-corrected chi connectivity index (χ3v) is 3.23. The first kappa shape index (κ1) is 16.3. The maximum Gasteiger partial charge on any atom is 0.213 e. The number of allylic oxidation sites excluding steroid dienone is 1. The van der Waals surface area contributed by atoms with Crippen LogP contribution in [0, 0.1) is 0 Å². The molecule has 1 rings (SSSR count). The molecule has 0 aromatic carbocycles. The number of nitrogens with one attached hydrogen (secondary N) is 2. The average Bonchev–Trinajstić information content (AvgIpc) is 2.77. The highest BCUT2D eigenvalue weighted by atomic mass is 16.5. The van der Waals surface area contributed by atoms with Crippen molar-refractivity contribution in [1.29, 1.82) is 0 Å². The number of aliphatic imine (C=N–C) groups is 1. The fraction of sp³-hybridized carbons (Fsp3) is 0.667. The molecular formula is C12H23N5O3. The van der Waals surface area contributed by atoms with Gasteiger partial charge in [0.1, 0.15) is 0 Å². The van der Waals surface area contributed by atoms with Crippen molar-refractivity contribution in [2.24, 2.45) is 10.7 Å². The van der Waals surface area contributed by atoms with Gasteiger partial charge in [-0.1, -0.05) is 0 Å². The molecule has 0 saturated heterocycles. The molecule has 2 atom stereocenters. The molecule has 2 unspecified atom stereocenters. The first-order valence-electron chi connectivity index (χ1n) is 6.42. The monoisotopic (exact) mass is 285 g/mol. The number of ether oxygens (including phenoxy) is 1. The maximum atomic E-state index is 10.3. The first-order chi connectivity index (χ1) is 9.53. The number of nitrogens with two attached hydrogens (primary N) is 1. The smallest absolute Gasteiger partial charge is 0.213 e. The van der Waals surface area contributed by atoms with Crippen molar-refractivity contribution < 1.29 is 14.6 Å². The molecule has 1 aliphatic rings. The Balaban J connectivity index is 2.79. The first-order valence-corrected chi connectivity index (χ1v) is 6.42. The van der Waals surface area contributed by atoms with Gasteiger partial charge in [-0.15, -0.1) is 0 Å². The van der Waals surface area contributed by atoms with E-state index in [-0.39, 0.29) is 24.7 Å². The SMILES string of the molecule is COC(CO)CC(C)N1CNC(C)=C1/N=C(/N)NC=O. The van der Waals surface area contributed by atoms with Crippen LogP contribution in [0.25, 0.3) is 0 Å². The number of methoxy groups -OCH3 is 1. The molecule has 0 saturated carbocycles. The molecule has 0 aliphatic carbocycles. The number of aliphatic hydroxyl groups is 1. The Morgan fingerprint density at radius 2 is 2.45 bits per heavy atom. The lowest BCUT2D eigenvalue weighted by Crippen LogP contribution is -2.37. The molecular weight excluding hydrogens is 262 g/mol. The van der Waals surface area contributed by atoms with E-state index in [0.29, 0.717) is 25.3 Å². The molecule has 0 aromatic heterocycles. The van der Waals surface area contributed by atoms with Crippen molar-refractivity contribution in [2.75, 3.05) is 20.4 Å². The van der Waals surface area contributed by atoms with Crippen LogP contribution in [0.3, 0.4) is 0 Å².